The van der Waals surface area contributed by atoms with E-state index in [1.165, 1.54) is 18.4 Å². The molecule has 0 unspecified atom stereocenters. The number of rotatable bonds is 7. The lowest BCUT2D eigenvalue weighted by molar-refractivity contribution is -0.123. The molecular weight excluding hydrogens is 300 g/mol. The number of hydrogen-bond donors (Lipinski definition) is 2. The highest BCUT2D eigenvalue weighted by atomic mass is 35.5. The molecule has 22 heavy (non-hydrogen) atoms. The zero-order valence-electron chi connectivity index (χ0n) is 13.5. The number of halogens is 1. The van der Waals surface area contributed by atoms with Gasteiger partial charge >= 0.3 is 0 Å². The number of benzene rings is 1. The molecule has 124 valence electrons. The van der Waals surface area contributed by atoms with E-state index in [1.807, 2.05) is 19.2 Å². The Balaban J connectivity index is 0.00000242. The Kier molecular flexibility index (Phi) is 7.69. The van der Waals surface area contributed by atoms with E-state index in [0.29, 0.717) is 6.42 Å². The fourth-order valence-electron chi connectivity index (χ4n) is 3.13. The quantitative estimate of drug-likeness (QED) is 0.757. The van der Waals surface area contributed by atoms with Gasteiger partial charge in [0, 0.05) is 6.42 Å². The highest BCUT2D eigenvalue weighted by Gasteiger charge is 2.36. The van der Waals surface area contributed by atoms with E-state index in [-0.39, 0.29) is 23.9 Å². The van der Waals surface area contributed by atoms with Gasteiger partial charge in [-0.3, -0.25) is 4.79 Å². The van der Waals surface area contributed by atoms with Crippen molar-refractivity contribution in [2.24, 2.45) is 0 Å². The maximum Gasteiger partial charge on any atom is 0.220 e. The highest BCUT2D eigenvalue weighted by molar-refractivity contribution is 5.85. The number of hydrogen-bond acceptors (Lipinski definition) is 3. The molecule has 1 saturated carbocycles. The first-order chi connectivity index (χ1) is 10.2. The molecule has 4 nitrogen and oxygen atoms in total. The Morgan fingerprint density at radius 3 is 2.41 bits per heavy atom. The van der Waals surface area contributed by atoms with E-state index in [0.717, 1.165) is 31.6 Å². The first-order valence-electron chi connectivity index (χ1n) is 7.80. The van der Waals surface area contributed by atoms with Gasteiger partial charge in [-0.2, -0.15) is 0 Å². The summed E-state index contributed by atoms with van der Waals surface area (Å²) in [5.41, 5.74) is 1.02. The molecule has 1 fully saturated rings. The van der Waals surface area contributed by atoms with Gasteiger partial charge < -0.3 is 15.4 Å². The van der Waals surface area contributed by atoms with Gasteiger partial charge in [-0.25, -0.2) is 0 Å². The molecule has 0 saturated heterocycles. The van der Waals surface area contributed by atoms with E-state index in [4.69, 9.17) is 4.74 Å². The van der Waals surface area contributed by atoms with E-state index < -0.39 is 0 Å². The molecule has 0 spiro atoms. The van der Waals surface area contributed by atoms with Gasteiger partial charge in [0.1, 0.15) is 5.75 Å². The van der Waals surface area contributed by atoms with Crippen molar-refractivity contribution in [1.82, 2.24) is 10.6 Å². The van der Waals surface area contributed by atoms with Gasteiger partial charge in [-0.1, -0.05) is 25.0 Å². The maximum atomic E-state index is 12.2. The van der Waals surface area contributed by atoms with Crippen molar-refractivity contribution in [3.8, 4) is 5.75 Å². The van der Waals surface area contributed by atoms with E-state index in [9.17, 15) is 4.79 Å². The second-order valence-corrected chi connectivity index (χ2v) is 5.77. The van der Waals surface area contributed by atoms with Gasteiger partial charge in [0.2, 0.25) is 5.91 Å². The lowest BCUT2D eigenvalue weighted by atomic mass is 9.88. The van der Waals surface area contributed by atoms with Crippen LogP contribution in [0.1, 0.15) is 44.1 Å². The molecule has 0 heterocycles. The van der Waals surface area contributed by atoms with Crippen LogP contribution in [0.3, 0.4) is 0 Å². The monoisotopic (exact) mass is 326 g/mol. The van der Waals surface area contributed by atoms with Crippen molar-refractivity contribution in [2.75, 3.05) is 20.7 Å². The molecule has 0 atom stereocenters. The predicted molar refractivity (Wildman–Crippen MR) is 91.7 cm³/mol. The fourth-order valence-corrected chi connectivity index (χ4v) is 3.13. The third kappa shape index (κ3) is 4.62. The van der Waals surface area contributed by atoms with E-state index in [1.54, 1.807) is 7.11 Å². The summed E-state index contributed by atoms with van der Waals surface area (Å²) in [6.07, 6.45) is 5.85. The molecular formula is C17H27ClN2O2. The van der Waals surface area contributed by atoms with Crippen LogP contribution in [0.2, 0.25) is 0 Å². The summed E-state index contributed by atoms with van der Waals surface area (Å²) in [5, 5.41) is 6.37. The molecule has 0 radical (unpaired) electrons. The van der Waals surface area contributed by atoms with Gasteiger partial charge in [0.15, 0.2) is 0 Å². The molecule has 2 N–H and O–H groups in total. The zero-order valence-corrected chi connectivity index (χ0v) is 14.3. The fraction of sp³-hybridized carbons (Fsp3) is 0.588. The number of nitrogens with one attached hydrogen (secondary N) is 2. The Morgan fingerprint density at radius 2 is 1.86 bits per heavy atom. The second-order valence-electron chi connectivity index (χ2n) is 5.77. The van der Waals surface area contributed by atoms with Crippen molar-refractivity contribution < 1.29 is 9.53 Å². The Hall–Kier alpha value is -1.26. The minimum Gasteiger partial charge on any atom is -0.497 e. The first kappa shape index (κ1) is 18.8. The van der Waals surface area contributed by atoms with Crippen LogP contribution in [0.4, 0.5) is 0 Å². The second kappa shape index (κ2) is 9.01. The molecule has 1 aliphatic rings. The van der Waals surface area contributed by atoms with Crippen LogP contribution in [0.5, 0.6) is 5.75 Å². The summed E-state index contributed by atoms with van der Waals surface area (Å²) in [6.45, 7) is 0.878. The van der Waals surface area contributed by atoms with Crippen LogP contribution in [-0.2, 0) is 10.3 Å². The standard InChI is InChI=1S/C17H26N2O2.ClH/c1-18-13-5-6-16(20)19-17(11-3-4-12-17)14-7-9-15(21-2)10-8-14;/h7-10,18H,3-6,11-13H2,1-2H3,(H,19,20);1H. The minimum absolute atomic E-state index is 0. The van der Waals surface area contributed by atoms with Gasteiger partial charge in [-0.15, -0.1) is 12.4 Å². The van der Waals surface area contributed by atoms with Crippen LogP contribution < -0.4 is 15.4 Å². The minimum atomic E-state index is -0.178. The third-order valence-electron chi connectivity index (χ3n) is 4.31. The predicted octanol–water partition coefficient (Wildman–Crippen LogP) is 3.00. The Labute approximate surface area is 139 Å². The van der Waals surface area contributed by atoms with Gasteiger partial charge in [-0.05, 0) is 50.6 Å². The number of carbonyl (C=O) groups excluding carboxylic acids is 1. The molecule has 0 aliphatic heterocycles. The SMILES string of the molecule is CNCCCC(=O)NC1(c2ccc(OC)cc2)CCCC1.Cl. The molecule has 1 aromatic carbocycles. The average Bonchev–Trinajstić information content (AvgIpc) is 2.97. The number of methoxy groups -OCH3 is 1. The van der Waals surface area contributed by atoms with Crippen LogP contribution in [0, 0.1) is 0 Å². The largest absolute Gasteiger partial charge is 0.497 e. The summed E-state index contributed by atoms with van der Waals surface area (Å²) >= 11 is 0. The van der Waals surface area contributed by atoms with Crippen molar-refractivity contribution in [3.05, 3.63) is 29.8 Å². The molecule has 0 aromatic heterocycles. The number of amides is 1. The van der Waals surface area contributed by atoms with Crippen LogP contribution in [0.25, 0.3) is 0 Å². The topological polar surface area (TPSA) is 50.4 Å². The molecule has 0 bridgehead atoms. The molecule has 1 aromatic rings. The molecule has 1 amide bonds. The van der Waals surface area contributed by atoms with Crippen LogP contribution >= 0.6 is 12.4 Å². The smallest absolute Gasteiger partial charge is 0.220 e. The maximum absolute atomic E-state index is 12.2. The summed E-state index contributed by atoms with van der Waals surface area (Å²) in [6, 6.07) is 8.11. The molecule has 5 heteroatoms. The van der Waals surface area contributed by atoms with E-state index >= 15 is 0 Å². The van der Waals surface area contributed by atoms with Gasteiger partial charge in [0.05, 0.1) is 12.6 Å². The molecule has 2 rings (SSSR count). The summed E-state index contributed by atoms with van der Waals surface area (Å²) < 4.78 is 5.22. The normalized spacial score (nSPS) is 15.9. The van der Waals surface area contributed by atoms with Crippen molar-refractivity contribution in [3.63, 3.8) is 0 Å². The lowest BCUT2D eigenvalue weighted by Crippen LogP contribution is -2.43. The highest BCUT2D eigenvalue weighted by Crippen LogP contribution is 2.39. The van der Waals surface area contributed by atoms with E-state index in [2.05, 4.69) is 22.8 Å². The van der Waals surface area contributed by atoms with Crippen molar-refractivity contribution >= 4 is 18.3 Å². The number of ether oxygens (including phenoxy) is 1. The van der Waals surface area contributed by atoms with Crippen LogP contribution in [-0.4, -0.2) is 26.6 Å². The third-order valence-corrected chi connectivity index (χ3v) is 4.31. The van der Waals surface area contributed by atoms with Gasteiger partial charge in [0.25, 0.3) is 0 Å². The first-order valence-corrected chi connectivity index (χ1v) is 7.80. The summed E-state index contributed by atoms with van der Waals surface area (Å²) in [7, 11) is 3.58. The van der Waals surface area contributed by atoms with Crippen LogP contribution in [0.15, 0.2) is 24.3 Å². The Bertz CT molecular complexity index is 456. The average molecular weight is 327 g/mol. The lowest BCUT2D eigenvalue weighted by Gasteiger charge is -2.31. The number of carbonyl (C=O) groups is 1. The summed E-state index contributed by atoms with van der Waals surface area (Å²) in [4.78, 5) is 12.2. The zero-order chi connectivity index (χ0) is 15.1. The Morgan fingerprint density at radius 1 is 1.23 bits per heavy atom. The van der Waals surface area contributed by atoms with Crippen molar-refractivity contribution in [2.45, 2.75) is 44.1 Å². The van der Waals surface area contributed by atoms with Crippen molar-refractivity contribution in [1.29, 1.82) is 0 Å². The molecule has 1 aliphatic carbocycles. The summed E-state index contributed by atoms with van der Waals surface area (Å²) in [5.74, 6) is 1.01.